The number of nitrogens with zero attached hydrogens (tertiary/aromatic N) is 4. The van der Waals surface area contributed by atoms with Gasteiger partial charge in [0, 0.05) is 50.4 Å². The molecule has 0 saturated carbocycles. The summed E-state index contributed by atoms with van der Waals surface area (Å²) in [5, 5.41) is 4.73. The Labute approximate surface area is 167 Å². The van der Waals surface area contributed by atoms with Crippen LogP contribution in [0.3, 0.4) is 0 Å². The van der Waals surface area contributed by atoms with E-state index < -0.39 is 0 Å². The number of fused-ring (bicyclic) bond motifs is 1. The lowest BCUT2D eigenvalue weighted by Gasteiger charge is -2.37. The van der Waals surface area contributed by atoms with Gasteiger partial charge in [0.15, 0.2) is 0 Å². The highest BCUT2D eigenvalue weighted by atomic mass is 32.2. The van der Waals surface area contributed by atoms with Crippen molar-refractivity contribution >= 4 is 17.4 Å². The molecule has 3 aliphatic rings. The molecule has 0 radical (unpaired) electrons. The lowest BCUT2D eigenvalue weighted by molar-refractivity contribution is 0.0897. The van der Waals surface area contributed by atoms with Crippen molar-refractivity contribution in [2.45, 2.75) is 17.7 Å². The van der Waals surface area contributed by atoms with Gasteiger partial charge in [-0.3, -0.25) is 9.91 Å². The maximum Gasteiger partial charge on any atom is 0.0547 e. The first-order valence-electron chi connectivity index (χ1n) is 10.0. The van der Waals surface area contributed by atoms with E-state index in [1.807, 2.05) is 11.8 Å². The van der Waals surface area contributed by atoms with Crippen molar-refractivity contribution in [1.29, 1.82) is 0 Å². The molecule has 0 unspecified atom stereocenters. The number of para-hydroxylation sites is 1. The Morgan fingerprint density at radius 3 is 2.63 bits per heavy atom. The van der Waals surface area contributed by atoms with Gasteiger partial charge in [-0.1, -0.05) is 18.2 Å². The van der Waals surface area contributed by atoms with Crippen LogP contribution in [0, 0.1) is 0 Å². The Balaban J connectivity index is 1.16. The Morgan fingerprint density at radius 1 is 0.963 bits per heavy atom. The minimum Gasteiger partial charge on any atom is -0.368 e. The lowest BCUT2D eigenvalue weighted by Crippen LogP contribution is -2.46. The first-order chi connectivity index (χ1) is 13.3. The highest BCUT2D eigenvalue weighted by molar-refractivity contribution is 7.98. The van der Waals surface area contributed by atoms with E-state index in [1.54, 1.807) is 0 Å². The zero-order valence-corrected chi connectivity index (χ0v) is 17.1. The highest BCUT2D eigenvalue weighted by Gasteiger charge is 2.21. The number of thioether (sulfide) groups is 1. The van der Waals surface area contributed by atoms with Crippen molar-refractivity contribution in [3.05, 3.63) is 60.5 Å². The van der Waals surface area contributed by atoms with E-state index in [0.29, 0.717) is 0 Å². The van der Waals surface area contributed by atoms with E-state index in [9.17, 15) is 0 Å². The summed E-state index contributed by atoms with van der Waals surface area (Å²) < 4.78 is 0. The molecule has 4 rings (SSSR count). The number of hydrazine groups is 1. The smallest absolute Gasteiger partial charge is 0.0547 e. The van der Waals surface area contributed by atoms with Gasteiger partial charge in [0.1, 0.15) is 0 Å². The molecule has 0 amide bonds. The van der Waals surface area contributed by atoms with Gasteiger partial charge in [0.25, 0.3) is 0 Å². The van der Waals surface area contributed by atoms with E-state index >= 15 is 0 Å². The zero-order chi connectivity index (χ0) is 18.5. The average Bonchev–Trinajstić information content (AvgIpc) is 3.15. The van der Waals surface area contributed by atoms with Crippen LogP contribution in [0.1, 0.15) is 12.8 Å². The minimum absolute atomic E-state index is 1.04. The Morgan fingerprint density at radius 2 is 1.78 bits per heavy atom. The molecule has 0 atom stereocenters. The second-order valence-corrected chi connectivity index (χ2v) is 8.14. The van der Waals surface area contributed by atoms with Crippen LogP contribution < -0.4 is 4.90 Å². The molecular formula is C22H30N4S. The van der Waals surface area contributed by atoms with Gasteiger partial charge in [-0.15, -0.1) is 11.8 Å². The second-order valence-electron chi connectivity index (χ2n) is 7.29. The monoisotopic (exact) mass is 382 g/mol. The number of hydrogen-bond acceptors (Lipinski definition) is 5. The summed E-state index contributed by atoms with van der Waals surface area (Å²) in [6.45, 7) is 8.04. The van der Waals surface area contributed by atoms with E-state index in [1.165, 1.54) is 48.8 Å². The maximum atomic E-state index is 2.63. The molecule has 1 saturated heterocycles. The topological polar surface area (TPSA) is 13.0 Å². The van der Waals surface area contributed by atoms with Gasteiger partial charge in [0.05, 0.1) is 11.4 Å². The number of benzene rings is 1. The van der Waals surface area contributed by atoms with Crippen LogP contribution in [0.4, 0.5) is 5.69 Å². The molecule has 3 heterocycles. The van der Waals surface area contributed by atoms with Crippen LogP contribution in [-0.4, -0.2) is 67.0 Å². The van der Waals surface area contributed by atoms with Crippen LogP contribution in [0.25, 0.3) is 0 Å². The van der Waals surface area contributed by atoms with Gasteiger partial charge in [-0.05, 0) is 56.0 Å². The molecule has 0 aliphatic carbocycles. The molecule has 27 heavy (non-hydrogen) atoms. The second kappa shape index (κ2) is 9.00. The van der Waals surface area contributed by atoms with Crippen molar-refractivity contribution in [2.24, 2.45) is 0 Å². The number of piperazine rings is 1. The molecule has 1 aromatic carbocycles. The van der Waals surface area contributed by atoms with Crippen LogP contribution in [0.5, 0.6) is 0 Å². The summed E-state index contributed by atoms with van der Waals surface area (Å²) in [4.78, 5) is 6.58. The highest BCUT2D eigenvalue weighted by Crippen LogP contribution is 2.29. The fourth-order valence-corrected chi connectivity index (χ4v) is 4.71. The van der Waals surface area contributed by atoms with E-state index in [4.69, 9.17) is 0 Å². The van der Waals surface area contributed by atoms with Crippen molar-refractivity contribution in [1.82, 2.24) is 14.9 Å². The summed E-state index contributed by atoms with van der Waals surface area (Å²) in [5.41, 5.74) is 2.73. The Bertz CT molecular complexity index is 719. The van der Waals surface area contributed by atoms with E-state index in [-0.39, 0.29) is 0 Å². The SMILES string of the molecule is CSc1ccccc1N1CCN(CCCCN2CC=C3C=CC=CN32)CC1. The van der Waals surface area contributed by atoms with Crippen molar-refractivity contribution < 1.29 is 0 Å². The molecular weight excluding hydrogens is 352 g/mol. The molecule has 144 valence electrons. The molecule has 5 heteroatoms. The fraction of sp³-hybridized carbons (Fsp3) is 0.455. The largest absolute Gasteiger partial charge is 0.368 e. The number of anilines is 1. The number of unbranched alkanes of at least 4 members (excludes halogenated alkanes) is 1. The molecule has 0 aromatic heterocycles. The third-order valence-electron chi connectivity index (χ3n) is 5.62. The van der Waals surface area contributed by atoms with Crippen molar-refractivity contribution in [2.75, 3.05) is 57.0 Å². The van der Waals surface area contributed by atoms with Crippen LogP contribution >= 0.6 is 11.8 Å². The van der Waals surface area contributed by atoms with Crippen molar-refractivity contribution in [3.63, 3.8) is 0 Å². The first-order valence-corrected chi connectivity index (χ1v) is 11.3. The summed E-state index contributed by atoms with van der Waals surface area (Å²) in [6.07, 6.45) is 15.6. The predicted molar refractivity (Wildman–Crippen MR) is 116 cm³/mol. The molecule has 0 spiro atoms. The van der Waals surface area contributed by atoms with Gasteiger partial charge in [-0.25, -0.2) is 5.01 Å². The molecule has 4 nitrogen and oxygen atoms in total. The number of rotatable bonds is 7. The Hall–Kier alpha value is -1.69. The van der Waals surface area contributed by atoms with Gasteiger partial charge >= 0.3 is 0 Å². The average molecular weight is 383 g/mol. The molecule has 1 aromatic rings. The van der Waals surface area contributed by atoms with Crippen molar-refractivity contribution in [3.8, 4) is 0 Å². The maximum absolute atomic E-state index is 2.63. The van der Waals surface area contributed by atoms with Gasteiger partial charge in [-0.2, -0.15) is 0 Å². The molecule has 0 N–H and O–H groups in total. The Kier molecular flexibility index (Phi) is 6.22. The summed E-state index contributed by atoms with van der Waals surface area (Å²) >= 11 is 1.85. The van der Waals surface area contributed by atoms with Crippen LogP contribution in [0.2, 0.25) is 0 Å². The normalized spacial score (nSPS) is 20.3. The minimum atomic E-state index is 1.04. The van der Waals surface area contributed by atoms with Gasteiger partial charge < -0.3 is 4.90 Å². The summed E-state index contributed by atoms with van der Waals surface area (Å²) in [5.74, 6) is 0. The number of allylic oxidation sites excluding steroid dienone is 3. The summed E-state index contributed by atoms with van der Waals surface area (Å²) in [7, 11) is 0. The standard InChI is InChI=1S/C22H30N4S/c1-27-22-10-3-2-9-21(22)24-18-16-23(17-19-24)12-6-7-13-25-15-11-20-8-4-5-14-26(20)25/h2-5,8-11,14H,6-7,12-13,15-19H2,1H3. The molecule has 3 aliphatic heterocycles. The summed E-state index contributed by atoms with van der Waals surface area (Å²) in [6, 6.07) is 8.80. The third-order valence-corrected chi connectivity index (χ3v) is 6.41. The number of hydrogen-bond donors (Lipinski definition) is 0. The first kappa shape index (κ1) is 18.7. The van der Waals surface area contributed by atoms with Crippen LogP contribution in [0.15, 0.2) is 65.4 Å². The van der Waals surface area contributed by atoms with E-state index in [0.717, 1.165) is 26.2 Å². The fourth-order valence-electron chi connectivity index (χ4n) is 4.09. The molecule has 0 bridgehead atoms. The lowest BCUT2D eigenvalue weighted by atomic mass is 10.2. The molecule has 1 fully saturated rings. The third kappa shape index (κ3) is 4.42. The van der Waals surface area contributed by atoms with Gasteiger partial charge in [0.2, 0.25) is 0 Å². The quantitative estimate of drug-likeness (QED) is 0.524. The van der Waals surface area contributed by atoms with Crippen LogP contribution in [-0.2, 0) is 0 Å². The van der Waals surface area contributed by atoms with E-state index in [2.05, 4.69) is 80.8 Å². The predicted octanol–water partition coefficient (Wildman–Crippen LogP) is 3.81. The zero-order valence-electron chi connectivity index (χ0n) is 16.3.